The third kappa shape index (κ3) is 2.82. The summed E-state index contributed by atoms with van der Waals surface area (Å²) in [7, 11) is 2.07. The van der Waals surface area contributed by atoms with Gasteiger partial charge in [-0.05, 0) is 39.7 Å². The fourth-order valence-electron chi connectivity index (χ4n) is 3.32. The highest BCUT2D eigenvalue weighted by Gasteiger charge is 2.33. The SMILES string of the molecule is Cc1nnc(CN(C)CC2(O)CCCC2)n1C1CC1. The summed E-state index contributed by atoms with van der Waals surface area (Å²) in [6, 6.07) is 0.618. The second kappa shape index (κ2) is 4.87. The van der Waals surface area contributed by atoms with Crippen LogP contribution in [0, 0.1) is 6.92 Å². The van der Waals surface area contributed by atoms with Crippen molar-refractivity contribution >= 4 is 0 Å². The maximum Gasteiger partial charge on any atom is 0.147 e. The van der Waals surface area contributed by atoms with E-state index in [9.17, 15) is 5.11 Å². The summed E-state index contributed by atoms with van der Waals surface area (Å²) in [6.07, 6.45) is 6.68. The molecule has 0 aromatic carbocycles. The second-order valence-corrected chi connectivity index (χ2v) is 6.37. The van der Waals surface area contributed by atoms with Crippen molar-refractivity contribution in [2.24, 2.45) is 0 Å². The quantitative estimate of drug-likeness (QED) is 0.878. The Morgan fingerprint density at radius 2 is 2.00 bits per heavy atom. The van der Waals surface area contributed by atoms with Crippen molar-refractivity contribution in [2.75, 3.05) is 13.6 Å². The predicted octanol–water partition coefficient (Wildman–Crippen LogP) is 1.66. The lowest BCUT2D eigenvalue weighted by molar-refractivity contribution is 0.0137. The van der Waals surface area contributed by atoms with Crippen molar-refractivity contribution in [3.63, 3.8) is 0 Å². The van der Waals surface area contributed by atoms with Gasteiger partial charge in [0.15, 0.2) is 0 Å². The summed E-state index contributed by atoms with van der Waals surface area (Å²) in [5.74, 6) is 2.06. The molecule has 5 heteroatoms. The van der Waals surface area contributed by atoms with Crippen molar-refractivity contribution in [1.29, 1.82) is 0 Å². The zero-order valence-corrected chi connectivity index (χ0v) is 12.0. The van der Waals surface area contributed by atoms with Crippen molar-refractivity contribution < 1.29 is 5.11 Å². The molecule has 0 saturated heterocycles. The molecule has 1 aromatic rings. The number of rotatable bonds is 5. The molecule has 0 unspecified atom stereocenters. The van der Waals surface area contributed by atoms with Gasteiger partial charge in [0.1, 0.15) is 11.6 Å². The third-order valence-electron chi connectivity index (χ3n) is 4.36. The molecular formula is C14H24N4O. The van der Waals surface area contributed by atoms with Crippen molar-refractivity contribution in [3.05, 3.63) is 11.6 Å². The van der Waals surface area contributed by atoms with Crippen molar-refractivity contribution in [1.82, 2.24) is 19.7 Å². The molecule has 19 heavy (non-hydrogen) atoms. The molecule has 0 bridgehead atoms. The standard InChI is InChI=1S/C14H24N4O/c1-11-15-16-13(18(11)12-5-6-12)9-17(2)10-14(19)7-3-4-8-14/h12,19H,3-10H2,1-2H3. The van der Waals surface area contributed by atoms with Crippen LogP contribution in [0.25, 0.3) is 0 Å². The van der Waals surface area contributed by atoms with E-state index in [4.69, 9.17) is 0 Å². The first-order valence-electron chi connectivity index (χ1n) is 7.39. The van der Waals surface area contributed by atoms with Gasteiger partial charge in [0, 0.05) is 12.6 Å². The highest BCUT2D eigenvalue weighted by atomic mass is 16.3. The van der Waals surface area contributed by atoms with E-state index in [0.29, 0.717) is 6.04 Å². The van der Waals surface area contributed by atoms with E-state index in [1.165, 1.54) is 12.8 Å². The minimum absolute atomic E-state index is 0.478. The van der Waals surface area contributed by atoms with Gasteiger partial charge in [-0.15, -0.1) is 10.2 Å². The Morgan fingerprint density at radius 3 is 2.63 bits per heavy atom. The average Bonchev–Trinajstić information content (AvgIpc) is 2.99. The van der Waals surface area contributed by atoms with Crippen molar-refractivity contribution in [2.45, 2.75) is 63.6 Å². The molecule has 2 aliphatic rings. The molecule has 3 rings (SSSR count). The Bertz CT molecular complexity index is 446. The molecular weight excluding hydrogens is 240 g/mol. The van der Waals surface area contributed by atoms with E-state index in [1.807, 2.05) is 6.92 Å². The highest BCUT2D eigenvalue weighted by molar-refractivity contribution is 5.01. The first-order chi connectivity index (χ1) is 9.07. The first-order valence-corrected chi connectivity index (χ1v) is 7.39. The highest BCUT2D eigenvalue weighted by Crippen LogP contribution is 2.36. The number of hydrogen-bond acceptors (Lipinski definition) is 4. The van der Waals surface area contributed by atoms with Gasteiger partial charge < -0.3 is 9.67 Å². The fourth-order valence-corrected chi connectivity index (χ4v) is 3.32. The van der Waals surface area contributed by atoms with Crippen LogP contribution in [0.5, 0.6) is 0 Å². The summed E-state index contributed by atoms with van der Waals surface area (Å²) in [5, 5.41) is 19.0. The van der Waals surface area contributed by atoms with Gasteiger partial charge in [-0.1, -0.05) is 12.8 Å². The molecule has 2 aliphatic carbocycles. The van der Waals surface area contributed by atoms with Crippen LogP contribution in [0.1, 0.15) is 56.2 Å². The molecule has 1 N–H and O–H groups in total. The van der Waals surface area contributed by atoms with E-state index in [1.54, 1.807) is 0 Å². The normalized spacial score (nSPS) is 22.3. The molecule has 0 radical (unpaired) electrons. The molecule has 0 atom stereocenters. The van der Waals surface area contributed by atoms with Crippen LogP contribution in [0.3, 0.4) is 0 Å². The van der Waals surface area contributed by atoms with E-state index in [0.717, 1.165) is 50.4 Å². The van der Waals surface area contributed by atoms with Gasteiger partial charge in [-0.25, -0.2) is 0 Å². The molecule has 1 aromatic heterocycles. The smallest absolute Gasteiger partial charge is 0.147 e. The lowest BCUT2D eigenvalue weighted by atomic mass is 10.0. The van der Waals surface area contributed by atoms with Crippen LogP contribution in [0.4, 0.5) is 0 Å². The number of likely N-dealkylation sites (N-methyl/N-ethyl adjacent to an activating group) is 1. The lowest BCUT2D eigenvalue weighted by Crippen LogP contribution is -2.39. The molecule has 0 amide bonds. The summed E-state index contributed by atoms with van der Waals surface area (Å²) >= 11 is 0. The Balaban J connectivity index is 1.64. The molecule has 0 aliphatic heterocycles. The number of aromatic nitrogens is 3. The Kier molecular flexibility index (Phi) is 3.35. The molecule has 2 saturated carbocycles. The molecule has 106 valence electrons. The van der Waals surface area contributed by atoms with Crippen LogP contribution in [-0.2, 0) is 6.54 Å². The van der Waals surface area contributed by atoms with Crippen LogP contribution < -0.4 is 0 Å². The number of aryl methyl sites for hydroxylation is 1. The van der Waals surface area contributed by atoms with Gasteiger partial charge in [-0.2, -0.15) is 0 Å². The molecule has 2 fully saturated rings. The maximum atomic E-state index is 10.5. The van der Waals surface area contributed by atoms with Gasteiger partial charge in [0.25, 0.3) is 0 Å². The Morgan fingerprint density at radius 1 is 1.32 bits per heavy atom. The van der Waals surface area contributed by atoms with Crippen LogP contribution >= 0.6 is 0 Å². The molecule has 5 nitrogen and oxygen atoms in total. The minimum Gasteiger partial charge on any atom is -0.389 e. The van der Waals surface area contributed by atoms with E-state index < -0.39 is 5.60 Å². The summed E-state index contributed by atoms with van der Waals surface area (Å²) in [5.41, 5.74) is -0.478. The Labute approximate surface area is 114 Å². The van der Waals surface area contributed by atoms with Gasteiger partial charge in [0.2, 0.25) is 0 Å². The topological polar surface area (TPSA) is 54.2 Å². The maximum absolute atomic E-state index is 10.5. The lowest BCUT2D eigenvalue weighted by Gasteiger charge is -2.28. The third-order valence-corrected chi connectivity index (χ3v) is 4.36. The molecule has 1 heterocycles. The largest absolute Gasteiger partial charge is 0.389 e. The minimum atomic E-state index is -0.478. The zero-order valence-electron chi connectivity index (χ0n) is 12.0. The monoisotopic (exact) mass is 264 g/mol. The van der Waals surface area contributed by atoms with Gasteiger partial charge in [0.05, 0.1) is 12.1 Å². The van der Waals surface area contributed by atoms with E-state index in [-0.39, 0.29) is 0 Å². The first kappa shape index (κ1) is 13.1. The summed E-state index contributed by atoms with van der Waals surface area (Å²) in [6.45, 7) is 3.54. The predicted molar refractivity (Wildman–Crippen MR) is 72.8 cm³/mol. The van der Waals surface area contributed by atoms with E-state index in [2.05, 4.69) is 26.7 Å². The van der Waals surface area contributed by atoms with Crippen LogP contribution in [-0.4, -0.2) is 44.0 Å². The van der Waals surface area contributed by atoms with E-state index >= 15 is 0 Å². The van der Waals surface area contributed by atoms with Gasteiger partial charge in [-0.3, -0.25) is 4.90 Å². The van der Waals surface area contributed by atoms with Gasteiger partial charge >= 0.3 is 0 Å². The summed E-state index contributed by atoms with van der Waals surface area (Å²) in [4.78, 5) is 2.19. The second-order valence-electron chi connectivity index (χ2n) is 6.37. The number of nitrogens with zero attached hydrogens (tertiary/aromatic N) is 4. The number of hydrogen-bond donors (Lipinski definition) is 1. The Hall–Kier alpha value is -0.940. The zero-order chi connectivity index (χ0) is 13.5. The van der Waals surface area contributed by atoms with Crippen LogP contribution in [0.2, 0.25) is 0 Å². The van der Waals surface area contributed by atoms with Crippen molar-refractivity contribution in [3.8, 4) is 0 Å². The average molecular weight is 264 g/mol. The van der Waals surface area contributed by atoms with Crippen LogP contribution in [0.15, 0.2) is 0 Å². The fraction of sp³-hybridized carbons (Fsp3) is 0.857. The summed E-state index contributed by atoms with van der Waals surface area (Å²) < 4.78 is 2.27. The number of aliphatic hydroxyl groups is 1. The molecule has 0 spiro atoms.